The van der Waals surface area contributed by atoms with E-state index in [0.29, 0.717) is 4.90 Å². The van der Waals surface area contributed by atoms with E-state index in [9.17, 15) is 4.39 Å². The van der Waals surface area contributed by atoms with Crippen LogP contribution in [-0.2, 0) is 6.54 Å². The van der Waals surface area contributed by atoms with Crippen LogP contribution in [0.4, 0.5) is 4.39 Å². The Labute approximate surface area is 131 Å². The Balaban J connectivity index is 1.91. The van der Waals surface area contributed by atoms with E-state index in [1.165, 1.54) is 17.8 Å². The van der Waals surface area contributed by atoms with Gasteiger partial charge in [-0.05, 0) is 25.1 Å². The fraction of sp³-hybridized carbons (Fsp3) is 0.267. The topological polar surface area (TPSA) is 29.3 Å². The van der Waals surface area contributed by atoms with Crippen LogP contribution in [0.2, 0.25) is 0 Å². The molecule has 0 aliphatic heterocycles. The Kier molecular flexibility index (Phi) is 4.57. The monoisotopic (exact) mass is 321 g/mol. The number of fused-ring (bicyclic) bond motifs is 1. The molecule has 3 rings (SSSR count). The van der Waals surface area contributed by atoms with E-state index in [-0.39, 0.29) is 5.82 Å². The molecule has 2 heterocycles. The fourth-order valence-electron chi connectivity index (χ4n) is 2.07. The van der Waals surface area contributed by atoms with E-state index in [1.807, 2.05) is 17.6 Å². The zero-order chi connectivity index (χ0) is 14.7. The van der Waals surface area contributed by atoms with Crippen molar-refractivity contribution in [2.45, 2.75) is 29.8 Å². The summed E-state index contributed by atoms with van der Waals surface area (Å²) >= 11 is 2.98. The highest BCUT2D eigenvalue weighted by atomic mass is 32.2. The van der Waals surface area contributed by atoms with Crippen LogP contribution in [-0.4, -0.2) is 15.9 Å². The molecule has 3 nitrogen and oxygen atoms in total. The fourth-order valence-corrected chi connectivity index (χ4v) is 3.80. The van der Waals surface area contributed by atoms with Crippen molar-refractivity contribution in [2.24, 2.45) is 0 Å². The minimum atomic E-state index is -0.202. The van der Waals surface area contributed by atoms with Gasteiger partial charge in [0.15, 0.2) is 4.96 Å². The van der Waals surface area contributed by atoms with Crippen LogP contribution in [0, 0.1) is 5.82 Å². The average Bonchev–Trinajstić information content (AvgIpc) is 3.04. The average molecular weight is 321 g/mol. The zero-order valence-electron chi connectivity index (χ0n) is 11.7. The van der Waals surface area contributed by atoms with Gasteiger partial charge in [-0.25, -0.2) is 9.37 Å². The third-order valence-electron chi connectivity index (χ3n) is 3.09. The van der Waals surface area contributed by atoms with E-state index < -0.39 is 0 Å². The van der Waals surface area contributed by atoms with Crippen molar-refractivity contribution in [2.75, 3.05) is 6.54 Å². The third-order valence-corrected chi connectivity index (χ3v) is 4.91. The second-order valence-electron chi connectivity index (χ2n) is 4.63. The lowest BCUT2D eigenvalue weighted by atomic mass is 10.3. The number of aromatic nitrogens is 2. The minimum Gasteiger partial charge on any atom is -0.311 e. The SMILES string of the molecule is CCCNCc1c(Sc2ccccc2F)nc2sccn12. The minimum absolute atomic E-state index is 0.202. The first-order valence-electron chi connectivity index (χ1n) is 6.87. The van der Waals surface area contributed by atoms with Crippen LogP contribution in [0.5, 0.6) is 0 Å². The molecule has 1 N–H and O–H groups in total. The van der Waals surface area contributed by atoms with Crippen LogP contribution >= 0.6 is 23.1 Å². The Bertz CT molecular complexity index is 735. The lowest BCUT2D eigenvalue weighted by Crippen LogP contribution is -2.15. The molecule has 0 saturated carbocycles. The summed E-state index contributed by atoms with van der Waals surface area (Å²) < 4.78 is 15.9. The summed E-state index contributed by atoms with van der Waals surface area (Å²) in [5.74, 6) is -0.202. The molecule has 2 aromatic heterocycles. The van der Waals surface area contributed by atoms with Crippen molar-refractivity contribution < 1.29 is 4.39 Å². The molecule has 0 saturated heterocycles. The smallest absolute Gasteiger partial charge is 0.194 e. The van der Waals surface area contributed by atoms with E-state index in [2.05, 4.69) is 21.6 Å². The van der Waals surface area contributed by atoms with Crippen LogP contribution in [0.1, 0.15) is 19.0 Å². The predicted octanol–water partition coefficient (Wildman–Crippen LogP) is 4.19. The first-order chi connectivity index (χ1) is 10.3. The lowest BCUT2D eigenvalue weighted by Gasteiger charge is -2.06. The van der Waals surface area contributed by atoms with E-state index >= 15 is 0 Å². The second kappa shape index (κ2) is 6.60. The normalized spacial score (nSPS) is 11.3. The van der Waals surface area contributed by atoms with Gasteiger partial charge in [0, 0.05) is 23.0 Å². The molecule has 21 heavy (non-hydrogen) atoms. The summed E-state index contributed by atoms with van der Waals surface area (Å²) in [6.07, 6.45) is 3.10. The quantitative estimate of drug-likeness (QED) is 0.690. The highest BCUT2D eigenvalue weighted by molar-refractivity contribution is 7.99. The molecule has 0 unspecified atom stereocenters. The largest absolute Gasteiger partial charge is 0.311 e. The zero-order valence-corrected chi connectivity index (χ0v) is 13.3. The Morgan fingerprint density at radius 3 is 3.05 bits per heavy atom. The van der Waals surface area contributed by atoms with Crippen LogP contribution in [0.3, 0.4) is 0 Å². The number of rotatable bonds is 6. The highest BCUT2D eigenvalue weighted by Gasteiger charge is 2.15. The molecule has 0 atom stereocenters. The van der Waals surface area contributed by atoms with Gasteiger partial charge in [0.1, 0.15) is 10.8 Å². The lowest BCUT2D eigenvalue weighted by molar-refractivity contribution is 0.601. The van der Waals surface area contributed by atoms with E-state index in [1.54, 1.807) is 23.5 Å². The second-order valence-corrected chi connectivity index (χ2v) is 6.53. The van der Waals surface area contributed by atoms with Gasteiger partial charge in [-0.2, -0.15) is 0 Å². The van der Waals surface area contributed by atoms with E-state index in [0.717, 1.165) is 35.2 Å². The van der Waals surface area contributed by atoms with Gasteiger partial charge in [0.25, 0.3) is 0 Å². The number of nitrogens with zero attached hydrogens (tertiary/aromatic N) is 2. The van der Waals surface area contributed by atoms with Crippen molar-refractivity contribution in [3.8, 4) is 0 Å². The molecule has 0 spiro atoms. The van der Waals surface area contributed by atoms with Gasteiger partial charge in [0.2, 0.25) is 0 Å². The number of hydrogen-bond acceptors (Lipinski definition) is 4. The number of benzene rings is 1. The van der Waals surface area contributed by atoms with Crippen LogP contribution in [0.25, 0.3) is 4.96 Å². The Morgan fingerprint density at radius 1 is 1.38 bits per heavy atom. The first kappa shape index (κ1) is 14.6. The first-order valence-corrected chi connectivity index (χ1v) is 8.56. The maximum Gasteiger partial charge on any atom is 0.194 e. The van der Waals surface area contributed by atoms with Gasteiger partial charge < -0.3 is 5.32 Å². The summed E-state index contributed by atoms with van der Waals surface area (Å²) in [5, 5.41) is 6.28. The molecular formula is C15H16FN3S2. The van der Waals surface area contributed by atoms with Gasteiger partial charge in [0.05, 0.1) is 5.69 Å². The predicted molar refractivity (Wildman–Crippen MR) is 85.6 cm³/mol. The standard InChI is InChI=1S/C15H16FN3S2/c1-2-7-17-10-12-14(18-15-19(12)8-9-20-15)21-13-6-4-3-5-11(13)16/h3-6,8-9,17H,2,7,10H2,1H3. The number of thiazole rings is 1. The molecule has 1 aromatic carbocycles. The molecule has 0 bridgehead atoms. The van der Waals surface area contributed by atoms with Crippen molar-refractivity contribution in [1.29, 1.82) is 0 Å². The van der Waals surface area contributed by atoms with Crippen molar-refractivity contribution in [3.05, 3.63) is 47.4 Å². The molecule has 6 heteroatoms. The summed E-state index contributed by atoms with van der Waals surface area (Å²) in [7, 11) is 0. The number of imidazole rings is 1. The molecule has 110 valence electrons. The highest BCUT2D eigenvalue weighted by Crippen LogP contribution is 2.33. The summed E-state index contributed by atoms with van der Waals surface area (Å²) in [5.41, 5.74) is 1.09. The molecule has 0 amide bonds. The molecule has 0 aliphatic carbocycles. The van der Waals surface area contributed by atoms with Crippen LogP contribution in [0.15, 0.2) is 45.8 Å². The van der Waals surface area contributed by atoms with Crippen molar-refractivity contribution >= 4 is 28.1 Å². The Morgan fingerprint density at radius 2 is 2.24 bits per heavy atom. The molecule has 3 aromatic rings. The molecule has 0 fully saturated rings. The molecule has 0 radical (unpaired) electrons. The maximum atomic E-state index is 13.8. The molecule has 0 aliphatic rings. The van der Waals surface area contributed by atoms with Crippen LogP contribution < -0.4 is 5.32 Å². The summed E-state index contributed by atoms with van der Waals surface area (Å²) in [4.78, 5) is 6.18. The third kappa shape index (κ3) is 3.12. The number of hydrogen-bond donors (Lipinski definition) is 1. The Hall–Kier alpha value is -1.37. The van der Waals surface area contributed by atoms with Gasteiger partial charge in [-0.1, -0.05) is 30.8 Å². The van der Waals surface area contributed by atoms with Gasteiger partial charge in [-0.15, -0.1) is 11.3 Å². The van der Waals surface area contributed by atoms with Gasteiger partial charge in [-0.3, -0.25) is 4.40 Å². The maximum absolute atomic E-state index is 13.8. The summed E-state index contributed by atoms with van der Waals surface area (Å²) in [6, 6.07) is 6.82. The van der Waals surface area contributed by atoms with Gasteiger partial charge >= 0.3 is 0 Å². The number of halogens is 1. The van der Waals surface area contributed by atoms with Crippen molar-refractivity contribution in [3.63, 3.8) is 0 Å². The summed E-state index contributed by atoms with van der Waals surface area (Å²) in [6.45, 7) is 3.84. The van der Waals surface area contributed by atoms with E-state index in [4.69, 9.17) is 0 Å². The van der Waals surface area contributed by atoms with Crippen molar-refractivity contribution in [1.82, 2.24) is 14.7 Å². The number of nitrogens with one attached hydrogen (secondary N) is 1. The molecular weight excluding hydrogens is 305 g/mol.